The molecule has 162 valence electrons. The first-order chi connectivity index (χ1) is 15.0. The molecule has 1 fully saturated rings. The molecule has 2 aliphatic rings. The average molecular weight is 421 g/mol. The third kappa shape index (κ3) is 3.71. The standard InChI is InChI=1S/C25H28N2O4/c1-3-20(4-2)26(16-18-10-6-5-7-11-18)22(28)17-27-23(29)25(31-24(27)30)15-14-19-12-8-9-13-21(19)25/h5-13,20H,3-4,14-17H2,1-2H3. The first-order valence-corrected chi connectivity index (χ1v) is 11.0. The summed E-state index contributed by atoms with van der Waals surface area (Å²) >= 11 is 0. The molecule has 0 N–H and O–H groups in total. The monoisotopic (exact) mass is 420 g/mol. The highest BCUT2D eigenvalue weighted by Crippen LogP contribution is 2.45. The topological polar surface area (TPSA) is 66.9 Å². The fraction of sp³-hybridized carbons (Fsp3) is 0.400. The van der Waals surface area contributed by atoms with Crippen LogP contribution >= 0.6 is 0 Å². The molecule has 2 aromatic carbocycles. The summed E-state index contributed by atoms with van der Waals surface area (Å²) in [7, 11) is 0. The lowest BCUT2D eigenvalue weighted by molar-refractivity contribution is -0.143. The van der Waals surface area contributed by atoms with Gasteiger partial charge in [0.15, 0.2) is 0 Å². The number of nitrogens with zero attached hydrogens (tertiary/aromatic N) is 2. The molecule has 0 bridgehead atoms. The van der Waals surface area contributed by atoms with Crippen molar-refractivity contribution < 1.29 is 19.1 Å². The van der Waals surface area contributed by atoms with Crippen molar-refractivity contribution in [3.63, 3.8) is 0 Å². The lowest BCUT2D eigenvalue weighted by Gasteiger charge is -2.31. The van der Waals surface area contributed by atoms with Crippen LogP contribution in [0.5, 0.6) is 0 Å². The number of ether oxygens (including phenoxy) is 1. The lowest BCUT2D eigenvalue weighted by atomic mass is 9.95. The number of benzene rings is 2. The van der Waals surface area contributed by atoms with E-state index in [0.717, 1.165) is 34.4 Å². The van der Waals surface area contributed by atoms with Crippen molar-refractivity contribution >= 4 is 17.9 Å². The van der Waals surface area contributed by atoms with Crippen LogP contribution in [0.3, 0.4) is 0 Å². The minimum atomic E-state index is -1.28. The molecule has 1 saturated heterocycles. The summed E-state index contributed by atoms with van der Waals surface area (Å²) in [6, 6.07) is 17.3. The van der Waals surface area contributed by atoms with Gasteiger partial charge in [-0.15, -0.1) is 0 Å². The third-order valence-electron chi connectivity index (χ3n) is 6.46. The summed E-state index contributed by atoms with van der Waals surface area (Å²) in [4.78, 5) is 42.1. The number of hydrogen-bond donors (Lipinski definition) is 0. The largest absolute Gasteiger partial charge is 0.427 e. The van der Waals surface area contributed by atoms with Gasteiger partial charge in [0.2, 0.25) is 11.5 Å². The third-order valence-corrected chi connectivity index (χ3v) is 6.46. The Hall–Kier alpha value is -3.15. The molecule has 6 heteroatoms. The number of amides is 3. The van der Waals surface area contributed by atoms with Gasteiger partial charge in [-0.2, -0.15) is 0 Å². The summed E-state index contributed by atoms with van der Waals surface area (Å²) in [5, 5.41) is 0. The van der Waals surface area contributed by atoms with Crippen LogP contribution in [0.4, 0.5) is 4.79 Å². The predicted molar refractivity (Wildman–Crippen MR) is 116 cm³/mol. The molecule has 1 atom stereocenters. The first-order valence-electron chi connectivity index (χ1n) is 11.0. The Kier molecular flexibility index (Phi) is 5.81. The zero-order chi connectivity index (χ0) is 22.0. The number of imide groups is 1. The van der Waals surface area contributed by atoms with E-state index in [0.29, 0.717) is 19.4 Å². The molecule has 1 heterocycles. The van der Waals surface area contributed by atoms with E-state index in [9.17, 15) is 14.4 Å². The number of rotatable bonds is 7. The van der Waals surface area contributed by atoms with Crippen LogP contribution in [-0.2, 0) is 32.9 Å². The molecule has 0 radical (unpaired) electrons. The van der Waals surface area contributed by atoms with Gasteiger partial charge in [0.05, 0.1) is 0 Å². The van der Waals surface area contributed by atoms with Gasteiger partial charge in [0, 0.05) is 24.6 Å². The first kappa shape index (κ1) is 21.1. The van der Waals surface area contributed by atoms with Crippen LogP contribution < -0.4 is 0 Å². The molecular weight excluding hydrogens is 392 g/mol. The predicted octanol–water partition coefficient (Wildman–Crippen LogP) is 4.02. The van der Waals surface area contributed by atoms with Gasteiger partial charge >= 0.3 is 6.09 Å². The van der Waals surface area contributed by atoms with Crippen molar-refractivity contribution in [3.8, 4) is 0 Å². The van der Waals surface area contributed by atoms with Gasteiger partial charge in [-0.05, 0) is 30.4 Å². The smallest absolute Gasteiger partial charge is 0.418 e. The number of hydrogen-bond acceptors (Lipinski definition) is 4. The van der Waals surface area contributed by atoms with Crippen LogP contribution in [-0.4, -0.2) is 40.3 Å². The molecular formula is C25H28N2O4. The Labute approximate surface area is 182 Å². The van der Waals surface area contributed by atoms with E-state index in [1.54, 1.807) is 4.90 Å². The summed E-state index contributed by atoms with van der Waals surface area (Å²) in [5.41, 5.74) is 1.48. The fourth-order valence-corrected chi connectivity index (χ4v) is 4.75. The second-order valence-corrected chi connectivity index (χ2v) is 8.22. The van der Waals surface area contributed by atoms with E-state index >= 15 is 0 Å². The molecule has 1 aliphatic carbocycles. The van der Waals surface area contributed by atoms with Crippen molar-refractivity contribution in [2.24, 2.45) is 0 Å². The molecule has 31 heavy (non-hydrogen) atoms. The molecule has 0 saturated carbocycles. The van der Waals surface area contributed by atoms with E-state index in [1.807, 2.05) is 68.4 Å². The van der Waals surface area contributed by atoms with E-state index in [1.165, 1.54) is 0 Å². The van der Waals surface area contributed by atoms with Crippen LogP contribution in [0.2, 0.25) is 0 Å². The van der Waals surface area contributed by atoms with Crippen LogP contribution in [0.1, 0.15) is 49.8 Å². The van der Waals surface area contributed by atoms with Gasteiger partial charge in [-0.3, -0.25) is 9.59 Å². The Morgan fingerprint density at radius 3 is 2.45 bits per heavy atom. The molecule has 0 aromatic heterocycles. The number of carbonyl (C=O) groups excluding carboxylic acids is 3. The van der Waals surface area contributed by atoms with E-state index in [4.69, 9.17) is 4.74 Å². The Morgan fingerprint density at radius 2 is 1.74 bits per heavy atom. The molecule has 1 spiro atoms. The second-order valence-electron chi connectivity index (χ2n) is 8.22. The number of carbonyl (C=O) groups is 3. The minimum absolute atomic E-state index is 0.0302. The maximum absolute atomic E-state index is 13.3. The highest BCUT2D eigenvalue weighted by atomic mass is 16.6. The maximum atomic E-state index is 13.3. The highest BCUT2D eigenvalue weighted by Gasteiger charge is 2.58. The Morgan fingerprint density at radius 1 is 1.06 bits per heavy atom. The molecule has 3 amide bonds. The highest BCUT2D eigenvalue weighted by molar-refractivity contribution is 6.06. The van der Waals surface area contributed by atoms with Gasteiger partial charge in [-0.1, -0.05) is 68.4 Å². The van der Waals surface area contributed by atoms with Crippen LogP contribution in [0.25, 0.3) is 0 Å². The number of fused-ring (bicyclic) bond motifs is 2. The van der Waals surface area contributed by atoms with E-state index in [2.05, 4.69) is 0 Å². The number of aryl methyl sites for hydroxylation is 1. The molecule has 1 unspecified atom stereocenters. The molecule has 1 aliphatic heterocycles. The van der Waals surface area contributed by atoms with Crippen molar-refractivity contribution in [1.82, 2.24) is 9.80 Å². The molecule has 4 rings (SSSR count). The van der Waals surface area contributed by atoms with Gasteiger partial charge in [0.25, 0.3) is 5.91 Å². The normalized spacial score (nSPS) is 19.8. The molecule has 2 aromatic rings. The van der Waals surface area contributed by atoms with Crippen molar-refractivity contribution in [1.29, 1.82) is 0 Å². The Bertz CT molecular complexity index is 986. The van der Waals surface area contributed by atoms with Crippen molar-refractivity contribution in [3.05, 3.63) is 71.3 Å². The van der Waals surface area contributed by atoms with E-state index in [-0.39, 0.29) is 18.5 Å². The summed E-state index contributed by atoms with van der Waals surface area (Å²) in [5.74, 6) is -0.675. The van der Waals surface area contributed by atoms with Gasteiger partial charge in [0.1, 0.15) is 6.54 Å². The van der Waals surface area contributed by atoms with Crippen molar-refractivity contribution in [2.75, 3.05) is 6.54 Å². The quantitative estimate of drug-likeness (QED) is 0.678. The van der Waals surface area contributed by atoms with Gasteiger partial charge < -0.3 is 9.64 Å². The summed E-state index contributed by atoms with van der Waals surface area (Å²) < 4.78 is 5.64. The van der Waals surface area contributed by atoms with Crippen LogP contribution in [0, 0.1) is 0 Å². The lowest BCUT2D eigenvalue weighted by Crippen LogP contribution is -2.47. The zero-order valence-electron chi connectivity index (χ0n) is 18.0. The average Bonchev–Trinajstić information content (AvgIpc) is 3.27. The van der Waals surface area contributed by atoms with Crippen molar-refractivity contribution in [2.45, 2.75) is 57.7 Å². The molecule has 6 nitrogen and oxygen atoms in total. The minimum Gasteiger partial charge on any atom is -0.427 e. The SMILES string of the molecule is CCC(CC)N(Cc1ccccc1)C(=O)CN1C(=O)OC2(CCc3ccccc32)C1=O. The zero-order valence-corrected chi connectivity index (χ0v) is 18.0. The maximum Gasteiger partial charge on any atom is 0.418 e. The van der Waals surface area contributed by atoms with E-state index < -0.39 is 17.6 Å². The van der Waals surface area contributed by atoms with Crippen LogP contribution in [0.15, 0.2) is 54.6 Å². The van der Waals surface area contributed by atoms with Gasteiger partial charge in [-0.25, -0.2) is 9.69 Å². The summed E-state index contributed by atoms with van der Waals surface area (Å²) in [6.07, 6.45) is 1.95. The second kappa shape index (κ2) is 8.53. The fourth-order valence-electron chi connectivity index (χ4n) is 4.75. The Balaban J connectivity index is 1.56. The summed E-state index contributed by atoms with van der Waals surface area (Å²) in [6.45, 7) is 4.22.